The lowest BCUT2D eigenvalue weighted by atomic mass is 9.86. The van der Waals surface area contributed by atoms with Crippen molar-refractivity contribution in [2.75, 3.05) is 0 Å². The first-order valence-electron chi connectivity index (χ1n) is 8.45. The highest BCUT2D eigenvalue weighted by atomic mass is 16.5. The molecular formula is C17H28O4. The molecule has 0 unspecified atom stereocenters. The Morgan fingerprint density at radius 1 is 0.905 bits per heavy atom. The Morgan fingerprint density at radius 2 is 1.43 bits per heavy atom. The Labute approximate surface area is 127 Å². The zero-order valence-corrected chi connectivity index (χ0v) is 13.0. The summed E-state index contributed by atoms with van der Waals surface area (Å²) in [5.41, 5.74) is 0. The second kappa shape index (κ2) is 11.5. The summed E-state index contributed by atoms with van der Waals surface area (Å²) < 4.78 is 5.54. The SMILES string of the molecule is O=C(CCCC1CCCCC1)OC1CCCCC1.O=C=O. The number of hydrogen-bond acceptors (Lipinski definition) is 4. The fourth-order valence-corrected chi connectivity index (χ4v) is 3.44. The molecule has 2 aliphatic carbocycles. The van der Waals surface area contributed by atoms with Gasteiger partial charge in [-0.05, 0) is 44.4 Å². The van der Waals surface area contributed by atoms with Crippen LogP contribution in [0.25, 0.3) is 0 Å². The fourth-order valence-electron chi connectivity index (χ4n) is 3.44. The second-order valence-corrected chi connectivity index (χ2v) is 6.23. The van der Waals surface area contributed by atoms with Gasteiger partial charge >= 0.3 is 12.1 Å². The van der Waals surface area contributed by atoms with Crippen LogP contribution in [0.3, 0.4) is 0 Å². The molecule has 0 aromatic carbocycles. The monoisotopic (exact) mass is 296 g/mol. The van der Waals surface area contributed by atoms with E-state index in [2.05, 4.69) is 0 Å². The largest absolute Gasteiger partial charge is 0.462 e. The van der Waals surface area contributed by atoms with E-state index in [1.807, 2.05) is 0 Å². The Balaban J connectivity index is 0.000000677. The molecule has 0 aromatic heterocycles. The van der Waals surface area contributed by atoms with Crippen LogP contribution in [0.15, 0.2) is 0 Å². The first-order chi connectivity index (χ1) is 10.3. The van der Waals surface area contributed by atoms with E-state index in [0.29, 0.717) is 6.42 Å². The molecule has 0 heterocycles. The normalized spacial score (nSPS) is 20.0. The molecule has 2 saturated carbocycles. The molecule has 2 aliphatic rings. The predicted molar refractivity (Wildman–Crippen MR) is 78.4 cm³/mol. The molecular weight excluding hydrogens is 268 g/mol. The maximum atomic E-state index is 11.7. The summed E-state index contributed by atoms with van der Waals surface area (Å²) in [4.78, 5) is 28.0. The van der Waals surface area contributed by atoms with Crippen LogP contribution in [0, 0.1) is 5.92 Å². The van der Waals surface area contributed by atoms with E-state index >= 15 is 0 Å². The van der Waals surface area contributed by atoms with Crippen LogP contribution in [-0.2, 0) is 19.1 Å². The molecule has 21 heavy (non-hydrogen) atoms. The highest BCUT2D eigenvalue weighted by Gasteiger charge is 2.18. The van der Waals surface area contributed by atoms with Crippen LogP contribution < -0.4 is 0 Å². The lowest BCUT2D eigenvalue weighted by Crippen LogP contribution is -2.20. The summed E-state index contributed by atoms with van der Waals surface area (Å²) in [6, 6.07) is 0. The molecule has 4 nitrogen and oxygen atoms in total. The minimum atomic E-state index is 0.0534. The molecule has 2 rings (SSSR count). The van der Waals surface area contributed by atoms with E-state index in [4.69, 9.17) is 14.3 Å². The van der Waals surface area contributed by atoms with Gasteiger partial charge in [0, 0.05) is 6.42 Å². The van der Waals surface area contributed by atoms with Gasteiger partial charge in [0.2, 0.25) is 0 Å². The van der Waals surface area contributed by atoms with Crippen molar-refractivity contribution >= 4 is 12.1 Å². The molecule has 0 saturated heterocycles. The topological polar surface area (TPSA) is 60.4 Å². The quantitative estimate of drug-likeness (QED) is 0.719. The average molecular weight is 296 g/mol. The molecule has 0 amide bonds. The third kappa shape index (κ3) is 8.67. The van der Waals surface area contributed by atoms with Crippen molar-refractivity contribution in [1.29, 1.82) is 0 Å². The third-order valence-electron chi connectivity index (χ3n) is 4.57. The zero-order chi connectivity index (χ0) is 15.3. The van der Waals surface area contributed by atoms with Crippen molar-refractivity contribution in [1.82, 2.24) is 0 Å². The van der Waals surface area contributed by atoms with E-state index in [0.717, 1.165) is 25.2 Å². The van der Waals surface area contributed by atoms with Crippen molar-refractivity contribution in [3.05, 3.63) is 0 Å². The Bertz CT molecular complexity index is 309. The average Bonchev–Trinajstić information content (AvgIpc) is 2.50. The van der Waals surface area contributed by atoms with Crippen LogP contribution in [0.4, 0.5) is 0 Å². The predicted octanol–water partition coefficient (Wildman–Crippen LogP) is 4.03. The second-order valence-electron chi connectivity index (χ2n) is 6.23. The molecule has 0 N–H and O–H groups in total. The molecule has 0 radical (unpaired) electrons. The van der Waals surface area contributed by atoms with Crippen molar-refractivity contribution in [3.8, 4) is 0 Å². The number of carbonyl (C=O) groups excluding carboxylic acids is 3. The van der Waals surface area contributed by atoms with Gasteiger partial charge in [-0.2, -0.15) is 9.59 Å². The van der Waals surface area contributed by atoms with E-state index in [-0.39, 0.29) is 18.2 Å². The van der Waals surface area contributed by atoms with Crippen LogP contribution in [0.2, 0.25) is 0 Å². The van der Waals surface area contributed by atoms with Gasteiger partial charge in [-0.15, -0.1) is 0 Å². The first-order valence-corrected chi connectivity index (χ1v) is 8.45. The Morgan fingerprint density at radius 3 is 2.00 bits per heavy atom. The van der Waals surface area contributed by atoms with Gasteiger partial charge in [-0.1, -0.05) is 38.5 Å². The summed E-state index contributed by atoms with van der Waals surface area (Å²) in [7, 11) is 0. The summed E-state index contributed by atoms with van der Waals surface area (Å²) in [6.07, 6.45) is 16.4. The molecule has 0 spiro atoms. The van der Waals surface area contributed by atoms with Crippen LogP contribution in [0.5, 0.6) is 0 Å². The number of ether oxygens (including phenoxy) is 1. The number of carbonyl (C=O) groups is 1. The smallest absolute Gasteiger partial charge is 0.373 e. The number of esters is 1. The van der Waals surface area contributed by atoms with E-state index < -0.39 is 0 Å². The van der Waals surface area contributed by atoms with Crippen molar-refractivity contribution < 1.29 is 19.1 Å². The molecule has 0 atom stereocenters. The lowest BCUT2D eigenvalue weighted by molar-refractivity contribution is -0.191. The Hall–Kier alpha value is -1.15. The molecule has 4 heteroatoms. The van der Waals surface area contributed by atoms with Crippen molar-refractivity contribution in [3.63, 3.8) is 0 Å². The van der Waals surface area contributed by atoms with Gasteiger partial charge in [0.05, 0.1) is 0 Å². The minimum absolute atomic E-state index is 0.0534. The van der Waals surface area contributed by atoms with E-state index in [1.165, 1.54) is 57.8 Å². The fraction of sp³-hybridized carbons (Fsp3) is 0.882. The van der Waals surface area contributed by atoms with Crippen molar-refractivity contribution in [2.24, 2.45) is 5.92 Å². The molecule has 0 aromatic rings. The molecule has 2 fully saturated rings. The van der Waals surface area contributed by atoms with Crippen LogP contribution >= 0.6 is 0 Å². The van der Waals surface area contributed by atoms with Gasteiger partial charge in [-0.3, -0.25) is 4.79 Å². The van der Waals surface area contributed by atoms with Gasteiger partial charge < -0.3 is 4.74 Å². The highest BCUT2D eigenvalue weighted by Crippen LogP contribution is 2.28. The molecule has 0 aliphatic heterocycles. The lowest BCUT2D eigenvalue weighted by Gasteiger charge is -2.23. The molecule has 120 valence electrons. The van der Waals surface area contributed by atoms with Gasteiger partial charge in [-0.25, -0.2) is 0 Å². The molecule has 0 bridgehead atoms. The summed E-state index contributed by atoms with van der Waals surface area (Å²) in [5, 5.41) is 0. The highest BCUT2D eigenvalue weighted by molar-refractivity contribution is 5.69. The number of hydrogen-bond donors (Lipinski definition) is 0. The van der Waals surface area contributed by atoms with Gasteiger partial charge in [0.25, 0.3) is 0 Å². The van der Waals surface area contributed by atoms with Crippen LogP contribution in [-0.4, -0.2) is 18.2 Å². The minimum Gasteiger partial charge on any atom is -0.462 e. The van der Waals surface area contributed by atoms with Crippen molar-refractivity contribution in [2.45, 2.75) is 89.6 Å². The van der Waals surface area contributed by atoms with E-state index in [1.54, 1.807) is 0 Å². The summed E-state index contributed by atoms with van der Waals surface area (Å²) >= 11 is 0. The van der Waals surface area contributed by atoms with Crippen LogP contribution in [0.1, 0.15) is 83.5 Å². The first kappa shape index (κ1) is 17.9. The summed E-state index contributed by atoms with van der Waals surface area (Å²) in [6.45, 7) is 0. The third-order valence-corrected chi connectivity index (χ3v) is 4.57. The maximum absolute atomic E-state index is 11.7. The van der Waals surface area contributed by atoms with Gasteiger partial charge in [0.15, 0.2) is 0 Å². The van der Waals surface area contributed by atoms with E-state index in [9.17, 15) is 4.79 Å². The van der Waals surface area contributed by atoms with Gasteiger partial charge in [0.1, 0.15) is 6.10 Å². The summed E-state index contributed by atoms with van der Waals surface area (Å²) in [5.74, 6) is 0.943. The Kier molecular flexibility index (Phi) is 9.81. The standard InChI is InChI=1S/C16H28O2.CO2/c17-16(18-15-11-5-2-6-12-15)13-7-10-14-8-3-1-4-9-14;2-1-3/h14-15H,1-13H2;. The maximum Gasteiger partial charge on any atom is 0.373 e. The number of rotatable bonds is 5. The zero-order valence-electron chi connectivity index (χ0n) is 13.0.